The van der Waals surface area contributed by atoms with E-state index in [1.165, 1.54) is 25.4 Å². The number of carbonyl (C=O) groups excluding carboxylic acids is 1. The summed E-state index contributed by atoms with van der Waals surface area (Å²) in [5.74, 6) is -0.535. The van der Waals surface area contributed by atoms with Gasteiger partial charge in [-0.3, -0.25) is 4.79 Å². The van der Waals surface area contributed by atoms with Gasteiger partial charge in [0.15, 0.2) is 0 Å². The maximum absolute atomic E-state index is 13.6. The first-order valence-electron chi connectivity index (χ1n) is 5.36. The number of methoxy groups -OCH3 is 1. The van der Waals surface area contributed by atoms with Crippen molar-refractivity contribution in [2.24, 2.45) is 0 Å². The molecule has 6 heteroatoms. The van der Waals surface area contributed by atoms with Crippen LogP contribution in [0.3, 0.4) is 0 Å². The van der Waals surface area contributed by atoms with Crippen molar-refractivity contribution < 1.29 is 13.9 Å². The van der Waals surface area contributed by atoms with Gasteiger partial charge in [-0.15, -0.1) is 0 Å². The lowest BCUT2D eigenvalue weighted by molar-refractivity contribution is 0.102. The van der Waals surface area contributed by atoms with Crippen LogP contribution >= 0.6 is 15.9 Å². The molecular formula is C13H10BrFN2O2. The molecule has 0 aliphatic heterocycles. The third-order valence-corrected chi connectivity index (χ3v) is 2.88. The number of amides is 1. The number of halogens is 2. The van der Waals surface area contributed by atoms with E-state index in [4.69, 9.17) is 4.74 Å². The van der Waals surface area contributed by atoms with Gasteiger partial charge in [-0.05, 0) is 24.3 Å². The summed E-state index contributed by atoms with van der Waals surface area (Å²) in [7, 11) is 1.49. The average molecular weight is 325 g/mol. The summed E-state index contributed by atoms with van der Waals surface area (Å²) in [5.41, 5.74) is 0.437. The Labute approximate surface area is 117 Å². The quantitative estimate of drug-likeness (QED) is 0.942. The number of pyridine rings is 1. The molecule has 0 saturated carbocycles. The third-order valence-electron chi connectivity index (χ3n) is 2.39. The van der Waals surface area contributed by atoms with E-state index in [2.05, 4.69) is 26.2 Å². The summed E-state index contributed by atoms with van der Waals surface area (Å²) in [6, 6.07) is 7.52. The van der Waals surface area contributed by atoms with Crippen molar-refractivity contribution in [1.29, 1.82) is 0 Å². The molecule has 4 nitrogen and oxygen atoms in total. The predicted molar refractivity (Wildman–Crippen MR) is 72.8 cm³/mol. The molecule has 2 aromatic rings. The second-order valence-corrected chi connectivity index (χ2v) is 4.58. The largest absolute Gasteiger partial charge is 0.481 e. The summed E-state index contributed by atoms with van der Waals surface area (Å²) >= 11 is 3.15. The Kier molecular flexibility index (Phi) is 4.11. The molecule has 1 N–H and O–H groups in total. The Hall–Kier alpha value is -1.95. The minimum atomic E-state index is -0.510. The molecule has 1 aromatic heterocycles. The van der Waals surface area contributed by atoms with Crippen LogP contribution in [0.4, 0.5) is 10.1 Å². The first-order valence-corrected chi connectivity index (χ1v) is 6.16. The highest BCUT2D eigenvalue weighted by Crippen LogP contribution is 2.20. The van der Waals surface area contributed by atoms with Gasteiger partial charge >= 0.3 is 0 Å². The van der Waals surface area contributed by atoms with Gasteiger partial charge in [-0.2, -0.15) is 0 Å². The Morgan fingerprint density at radius 2 is 2.16 bits per heavy atom. The molecule has 0 fully saturated rings. The van der Waals surface area contributed by atoms with E-state index in [0.29, 0.717) is 15.9 Å². The number of carbonyl (C=O) groups is 1. The third kappa shape index (κ3) is 3.29. The number of anilines is 1. The maximum Gasteiger partial charge on any atom is 0.257 e. The van der Waals surface area contributed by atoms with Crippen LogP contribution in [0.15, 0.2) is 41.0 Å². The molecule has 98 valence electrons. The highest BCUT2D eigenvalue weighted by Gasteiger charge is 2.10. The molecule has 19 heavy (non-hydrogen) atoms. The monoisotopic (exact) mass is 324 g/mol. The van der Waals surface area contributed by atoms with Crippen molar-refractivity contribution in [3.05, 3.63) is 52.4 Å². The van der Waals surface area contributed by atoms with E-state index >= 15 is 0 Å². The Morgan fingerprint density at radius 3 is 2.74 bits per heavy atom. The molecule has 1 aromatic carbocycles. The standard InChI is InChI=1S/C13H10BrFN2O2/c1-19-12-5-2-8(7-16-12)13(18)17-11-4-3-9(14)6-10(11)15/h2-7H,1H3,(H,17,18). The van der Waals surface area contributed by atoms with Gasteiger partial charge in [0.2, 0.25) is 5.88 Å². The van der Waals surface area contributed by atoms with Crippen LogP contribution in [-0.4, -0.2) is 18.0 Å². The second kappa shape index (κ2) is 5.79. The van der Waals surface area contributed by atoms with Crippen molar-refractivity contribution in [2.75, 3.05) is 12.4 Å². The van der Waals surface area contributed by atoms with Gasteiger partial charge in [0.25, 0.3) is 5.91 Å². The van der Waals surface area contributed by atoms with E-state index in [1.54, 1.807) is 18.2 Å². The Bertz CT molecular complexity index is 602. The fourth-order valence-corrected chi connectivity index (χ4v) is 1.75. The summed E-state index contributed by atoms with van der Waals surface area (Å²) in [4.78, 5) is 15.8. The van der Waals surface area contributed by atoms with Crippen LogP contribution < -0.4 is 10.1 Å². The SMILES string of the molecule is COc1ccc(C(=O)Nc2ccc(Br)cc2F)cn1. The van der Waals surface area contributed by atoms with Crippen molar-refractivity contribution in [3.8, 4) is 5.88 Å². The molecule has 0 radical (unpaired) electrons. The van der Waals surface area contributed by atoms with Crippen LogP contribution in [0.2, 0.25) is 0 Å². The van der Waals surface area contributed by atoms with Crippen LogP contribution in [0.1, 0.15) is 10.4 Å². The topological polar surface area (TPSA) is 51.2 Å². The van der Waals surface area contributed by atoms with Crippen LogP contribution in [0.5, 0.6) is 5.88 Å². The number of aromatic nitrogens is 1. The van der Waals surface area contributed by atoms with Crippen molar-refractivity contribution in [3.63, 3.8) is 0 Å². The molecule has 2 rings (SSSR count). The summed E-state index contributed by atoms with van der Waals surface area (Å²) in [6.45, 7) is 0. The maximum atomic E-state index is 13.6. The second-order valence-electron chi connectivity index (χ2n) is 3.67. The van der Waals surface area contributed by atoms with Crippen LogP contribution in [-0.2, 0) is 0 Å². The first-order chi connectivity index (χ1) is 9.10. The molecule has 0 saturated heterocycles. The normalized spacial score (nSPS) is 10.1. The van der Waals surface area contributed by atoms with Crippen LogP contribution in [0.25, 0.3) is 0 Å². The zero-order valence-corrected chi connectivity index (χ0v) is 11.6. The summed E-state index contributed by atoms with van der Waals surface area (Å²) in [6.07, 6.45) is 1.37. The zero-order valence-electron chi connectivity index (χ0n) is 9.98. The van der Waals surface area contributed by atoms with E-state index in [9.17, 15) is 9.18 Å². The first kappa shape index (κ1) is 13.5. The number of rotatable bonds is 3. The molecule has 1 heterocycles. The van der Waals surface area contributed by atoms with Gasteiger partial charge in [-0.1, -0.05) is 15.9 Å². The summed E-state index contributed by atoms with van der Waals surface area (Å²) < 4.78 is 19.1. The lowest BCUT2D eigenvalue weighted by Gasteiger charge is -2.07. The fraction of sp³-hybridized carbons (Fsp3) is 0.0769. The minimum Gasteiger partial charge on any atom is -0.481 e. The highest BCUT2D eigenvalue weighted by atomic mass is 79.9. The van der Waals surface area contributed by atoms with Gasteiger partial charge < -0.3 is 10.1 Å². The number of ether oxygens (including phenoxy) is 1. The average Bonchev–Trinajstić information content (AvgIpc) is 2.42. The number of nitrogens with one attached hydrogen (secondary N) is 1. The van der Waals surface area contributed by atoms with Gasteiger partial charge in [0, 0.05) is 16.7 Å². The summed E-state index contributed by atoms with van der Waals surface area (Å²) in [5, 5.41) is 2.48. The van der Waals surface area contributed by atoms with E-state index in [0.717, 1.165) is 0 Å². The van der Waals surface area contributed by atoms with Gasteiger partial charge in [0.1, 0.15) is 5.82 Å². The van der Waals surface area contributed by atoms with E-state index < -0.39 is 11.7 Å². The molecule has 0 aliphatic rings. The fourth-order valence-electron chi connectivity index (χ4n) is 1.42. The van der Waals surface area contributed by atoms with Crippen LogP contribution in [0, 0.1) is 5.82 Å². The number of hydrogen-bond donors (Lipinski definition) is 1. The smallest absolute Gasteiger partial charge is 0.257 e. The molecule has 0 unspecified atom stereocenters. The van der Waals surface area contributed by atoms with Gasteiger partial charge in [0.05, 0.1) is 18.4 Å². The molecular weight excluding hydrogens is 315 g/mol. The molecule has 0 atom stereocenters. The molecule has 0 aliphatic carbocycles. The van der Waals surface area contributed by atoms with Crippen molar-refractivity contribution >= 4 is 27.5 Å². The molecule has 1 amide bonds. The van der Waals surface area contributed by atoms with E-state index in [1.807, 2.05) is 0 Å². The lowest BCUT2D eigenvalue weighted by atomic mass is 10.2. The lowest BCUT2D eigenvalue weighted by Crippen LogP contribution is -2.13. The van der Waals surface area contributed by atoms with Crippen molar-refractivity contribution in [1.82, 2.24) is 4.98 Å². The minimum absolute atomic E-state index is 0.115. The number of nitrogens with zero attached hydrogens (tertiary/aromatic N) is 1. The van der Waals surface area contributed by atoms with Gasteiger partial charge in [-0.25, -0.2) is 9.37 Å². The zero-order chi connectivity index (χ0) is 13.8. The Morgan fingerprint density at radius 1 is 1.37 bits per heavy atom. The Balaban J connectivity index is 2.15. The van der Waals surface area contributed by atoms with Crippen molar-refractivity contribution in [2.45, 2.75) is 0 Å². The number of hydrogen-bond acceptors (Lipinski definition) is 3. The highest BCUT2D eigenvalue weighted by molar-refractivity contribution is 9.10. The number of benzene rings is 1. The van der Waals surface area contributed by atoms with E-state index in [-0.39, 0.29) is 5.69 Å². The molecule has 0 bridgehead atoms. The predicted octanol–water partition coefficient (Wildman–Crippen LogP) is 3.24. The molecule has 0 spiro atoms.